The number of hydrogen-bond acceptors (Lipinski definition) is 3. The fraction of sp³-hybridized carbons (Fsp3) is 0.200. The molecule has 4 heteroatoms. The summed E-state index contributed by atoms with van der Waals surface area (Å²) in [7, 11) is 0. The van der Waals surface area contributed by atoms with Gasteiger partial charge in [-0.3, -0.25) is 9.78 Å². The molecule has 1 amide bonds. The van der Waals surface area contributed by atoms with Gasteiger partial charge in [-0.2, -0.15) is 0 Å². The van der Waals surface area contributed by atoms with E-state index >= 15 is 0 Å². The van der Waals surface area contributed by atoms with E-state index in [9.17, 15) is 4.79 Å². The molecule has 0 atom stereocenters. The van der Waals surface area contributed by atoms with Crippen molar-refractivity contribution < 1.29 is 4.79 Å². The van der Waals surface area contributed by atoms with Crippen LogP contribution in [0.25, 0.3) is 0 Å². The Hall–Kier alpha value is -2.20. The first kappa shape index (κ1) is 13.2. The number of nitrogens with one attached hydrogen (secondary N) is 2. The molecular formula is C15H17N3O. The van der Waals surface area contributed by atoms with Crippen LogP contribution in [0.1, 0.15) is 18.1 Å². The number of carbonyl (C=O) groups excluding carboxylic acids is 1. The van der Waals surface area contributed by atoms with Crippen LogP contribution in [0.3, 0.4) is 0 Å². The number of anilines is 1. The standard InChI is InChI=1S/C15H17N3O/c1-12(19)18-15-6-4-13(5-7-15)9-17-11-14-3-2-8-16-10-14/h2-8,10,17H,9,11H2,1H3,(H,18,19). The number of benzene rings is 1. The number of carbonyl (C=O) groups is 1. The second kappa shape index (κ2) is 6.66. The maximum Gasteiger partial charge on any atom is 0.221 e. The van der Waals surface area contributed by atoms with Crippen molar-refractivity contribution in [2.24, 2.45) is 0 Å². The van der Waals surface area contributed by atoms with Crippen LogP contribution in [0.4, 0.5) is 5.69 Å². The second-order valence-corrected chi connectivity index (χ2v) is 4.34. The van der Waals surface area contributed by atoms with E-state index in [2.05, 4.69) is 15.6 Å². The number of nitrogens with zero attached hydrogens (tertiary/aromatic N) is 1. The van der Waals surface area contributed by atoms with Crippen molar-refractivity contribution in [2.75, 3.05) is 5.32 Å². The molecule has 4 nitrogen and oxygen atoms in total. The lowest BCUT2D eigenvalue weighted by Crippen LogP contribution is -2.13. The minimum Gasteiger partial charge on any atom is -0.326 e. The van der Waals surface area contributed by atoms with Crippen LogP contribution in [-0.2, 0) is 17.9 Å². The van der Waals surface area contributed by atoms with Gasteiger partial charge in [-0.25, -0.2) is 0 Å². The maximum absolute atomic E-state index is 10.9. The molecule has 0 radical (unpaired) electrons. The zero-order valence-corrected chi connectivity index (χ0v) is 10.9. The predicted octanol–water partition coefficient (Wildman–Crippen LogP) is 2.33. The summed E-state index contributed by atoms with van der Waals surface area (Å²) in [5.41, 5.74) is 3.17. The van der Waals surface area contributed by atoms with Crippen LogP contribution in [-0.4, -0.2) is 10.9 Å². The highest BCUT2D eigenvalue weighted by Gasteiger charge is 1.97. The summed E-state index contributed by atoms with van der Waals surface area (Å²) in [5, 5.41) is 6.10. The summed E-state index contributed by atoms with van der Waals surface area (Å²) in [6.45, 7) is 3.08. The largest absolute Gasteiger partial charge is 0.326 e. The Labute approximate surface area is 112 Å². The van der Waals surface area contributed by atoms with Gasteiger partial charge in [-0.1, -0.05) is 18.2 Å². The van der Waals surface area contributed by atoms with Gasteiger partial charge in [0.15, 0.2) is 0 Å². The van der Waals surface area contributed by atoms with Crippen LogP contribution < -0.4 is 10.6 Å². The highest BCUT2D eigenvalue weighted by atomic mass is 16.1. The summed E-state index contributed by atoms with van der Waals surface area (Å²) in [4.78, 5) is 15.0. The molecule has 0 saturated heterocycles. The number of aromatic nitrogens is 1. The van der Waals surface area contributed by atoms with Gasteiger partial charge < -0.3 is 10.6 Å². The molecule has 2 aromatic rings. The van der Waals surface area contributed by atoms with Crippen LogP contribution >= 0.6 is 0 Å². The molecule has 1 heterocycles. The SMILES string of the molecule is CC(=O)Nc1ccc(CNCc2cccnc2)cc1. The fourth-order valence-corrected chi connectivity index (χ4v) is 1.76. The van der Waals surface area contributed by atoms with Gasteiger partial charge in [-0.05, 0) is 29.3 Å². The van der Waals surface area contributed by atoms with E-state index in [4.69, 9.17) is 0 Å². The van der Waals surface area contributed by atoms with Crippen molar-refractivity contribution in [3.8, 4) is 0 Å². The van der Waals surface area contributed by atoms with Crippen molar-refractivity contribution in [1.29, 1.82) is 0 Å². The first-order valence-corrected chi connectivity index (χ1v) is 6.20. The Balaban J connectivity index is 1.81. The van der Waals surface area contributed by atoms with Crippen molar-refractivity contribution in [2.45, 2.75) is 20.0 Å². The fourth-order valence-electron chi connectivity index (χ4n) is 1.76. The smallest absolute Gasteiger partial charge is 0.221 e. The van der Waals surface area contributed by atoms with Crippen molar-refractivity contribution in [3.63, 3.8) is 0 Å². The average molecular weight is 255 g/mol. The maximum atomic E-state index is 10.9. The van der Waals surface area contributed by atoms with Crippen LogP contribution in [0.2, 0.25) is 0 Å². The quantitative estimate of drug-likeness (QED) is 0.862. The summed E-state index contributed by atoms with van der Waals surface area (Å²) >= 11 is 0. The highest BCUT2D eigenvalue weighted by molar-refractivity contribution is 5.88. The van der Waals surface area contributed by atoms with Gasteiger partial charge in [0.25, 0.3) is 0 Å². The summed E-state index contributed by atoms with van der Waals surface area (Å²) < 4.78 is 0. The predicted molar refractivity (Wildman–Crippen MR) is 75.5 cm³/mol. The van der Waals surface area contributed by atoms with E-state index in [1.54, 1.807) is 6.20 Å². The minimum atomic E-state index is -0.0533. The molecule has 98 valence electrons. The van der Waals surface area contributed by atoms with Gasteiger partial charge >= 0.3 is 0 Å². The van der Waals surface area contributed by atoms with Crippen molar-refractivity contribution >= 4 is 11.6 Å². The topological polar surface area (TPSA) is 54.0 Å². The summed E-state index contributed by atoms with van der Waals surface area (Å²) in [6.07, 6.45) is 3.62. The zero-order chi connectivity index (χ0) is 13.5. The van der Waals surface area contributed by atoms with Crippen molar-refractivity contribution in [3.05, 3.63) is 59.9 Å². The van der Waals surface area contributed by atoms with Crippen LogP contribution in [0, 0.1) is 0 Å². The number of pyridine rings is 1. The van der Waals surface area contributed by atoms with E-state index in [-0.39, 0.29) is 5.91 Å². The van der Waals surface area contributed by atoms with Crippen molar-refractivity contribution in [1.82, 2.24) is 10.3 Å². The molecule has 2 rings (SSSR count). The first-order chi connectivity index (χ1) is 9.24. The molecular weight excluding hydrogens is 238 g/mol. The molecule has 0 unspecified atom stereocenters. The Bertz CT molecular complexity index is 523. The molecule has 0 spiro atoms. The Kier molecular flexibility index (Phi) is 4.64. The second-order valence-electron chi connectivity index (χ2n) is 4.34. The van der Waals surface area contributed by atoms with E-state index < -0.39 is 0 Å². The first-order valence-electron chi connectivity index (χ1n) is 6.20. The minimum absolute atomic E-state index is 0.0533. The number of amides is 1. The Morgan fingerprint density at radius 1 is 1.11 bits per heavy atom. The zero-order valence-electron chi connectivity index (χ0n) is 10.9. The highest BCUT2D eigenvalue weighted by Crippen LogP contribution is 2.09. The lowest BCUT2D eigenvalue weighted by atomic mass is 10.2. The Morgan fingerprint density at radius 3 is 2.47 bits per heavy atom. The summed E-state index contributed by atoms with van der Waals surface area (Å²) in [6, 6.07) is 11.8. The normalized spacial score (nSPS) is 10.2. The lowest BCUT2D eigenvalue weighted by molar-refractivity contribution is -0.114. The van der Waals surface area contributed by atoms with Gasteiger partial charge in [0.1, 0.15) is 0 Å². The van der Waals surface area contributed by atoms with Gasteiger partial charge in [-0.15, -0.1) is 0 Å². The van der Waals surface area contributed by atoms with Gasteiger partial charge in [0.2, 0.25) is 5.91 Å². The van der Waals surface area contributed by atoms with Gasteiger partial charge in [0.05, 0.1) is 0 Å². The molecule has 0 bridgehead atoms. The van der Waals surface area contributed by atoms with E-state index in [1.807, 2.05) is 42.6 Å². The average Bonchev–Trinajstić information content (AvgIpc) is 2.41. The third kappa shape index (κ3) is 4.52. The van der Waals surface area contributed by atoms with Crippen LogP contribution in [0.15, 0.2) is 48.8 Å². The summed E-state index contributed by atoms with van der Waals surface area (Å²) in [5.74, 6) is -0.0533. The number of rotatable bonds is 5. The molecule has 0 aliphatic rings. The number of hydrogen-bond donors (Lipinski definition) is 2. The van der Waals surface area contributed by atoms with E-state index in [1.165, 1.54) is 12.5 Å². The molecule has 19 heavy (non-hydrogen) atoms. The molecule has 0 aliphatic heterocycles. The molecule has 1 aromatic heterocycles. The molecule has 2 N–H and O–H groups in total. The monoisotopic (exact) mass is 255 g/mol. The third-order valence-electron chi connectivity index (χ3n) is 2.66. The molecule has 0 saturated carbocycles. The Morgan fingerprint density at radius 2 is 1.84 bits per heavy atom. The van der Waals surface area contributed by atoms with Gasteiger partial charge in [0, 0.05) is 38.1 Å². The third-order valence-corrected chi connectivity index (χ3v) is 2.66. The molecule has 1 aromatic carbocycles. The lowest BCUT2D eigenvalue weighted by Gasteiger charge is -2.06. The molecule has 0 aliphatic carbocycles. The van der Waals surface area contributed by atoms with Crippen LogP contribution in [0.5, 0.6) is 0 Å². The van der Waals surface area contributed by atoms with E-state index in [0.29, 0.717) is 0 Å². The molecule has 0 fully saturated rings. The van der Waals surface area contributed by atoms with E-state index in [0.717, 1.165) is 24.3 Å².